The topological polar surface area (TPSA) is 43.1 Å². The van der Waals surface area contributed by atoms with Crippen molar-refractivity contribution in [3.05, 3.63) is 11.8 Å². The van der Waals surface area contributed by atoms with Gasteiger partial charge in [-0.1, -0.05) is 6.92 Å². The summed E-state index contributed by atoms with van der Waals surface area (Å²) < 4.78 is 0. The Balaban J connectivity index is 2.72. The molecule has 0 heterocycles. The molecule has 0 saturated heterocycles. The zero-order valence-electron chi connectivity index (χ0n) is 5.55. The van der Waals surface area contributed by atoms with Crippen LogP contribution in [0.15, 0.2) is 11.8 Å². The maximum atomic E-state index is 10.7. The van der Waals surface area contributed by atoms with E-state index in [1.54, 1.807) is 6.08 Å². The maximum absolute atomic E-state index is 10.7. The highest BCUT2D eigenvalue weighted by Gasteiger charge is 2.13. The molecule has 1 rings (SSSR count). The summed E-state index contributed by atoms with van der Waals surface area (Å²) in [7, 11) is 0. The van der Waals surface area contributed by atoms with Gasteiger partial charge in [0.1, 0.15) is 0 Å². The van der Waals surface area contributed by atoms with Crippen molar-refractivity contribution < 1.29 is 4.79 Å². The van der Waals surface area contributed by atoms with Crippen LogP contribution in [0.25, 0.3) is 0 Å². The predicted molar refractivity (Wildman–Crippen MR) is 35.7 cm³/mol. The van der Waals surface area contributed by atoms with E-state index in [0.717, 1.165) is 12.1 Å². The Bertz CT molecular complexity index is 160. The highest BCUT2D eigenvalue weighted by atomic mass is 16.1. The molecule has 0 fully saturated rings. The fourth-order valence-corrected chi connectivity index (χ4v) is 0.926. The van der Waals surface area contributed by atoms with Gasteiger partial charge in [-0.25, -0.2) is 0 Å². The maximum Gasteiger partial charge on any atom is 0.157 e. The number of hydrogen-bond acceptors (Lipinski definition) is 2. The van der Waals surface area contributed by atoms with Gasteiger partial charge >= 0.3 is 0 Å². The Labute approximate surface area is 54.7 Å². The lowest BCUT2D eigenvalue weighted by molar-refractivity contribution is -0.115. The SMILES string of the molecule is CC1CCC(=O)C=C1N. The molecule has 2 N–H and O–H groups in total. The average molecular weight is 125 g/mol. The monoisotopic (exact) mass is 125 g/mol. The van der Waals surface area contributed by atoms with Crippen LogP contribution in [0, 0.1) is 5.92 Å². The number of carbonyl (C=O) groups excluding carboxylic acids is 1. The number of ketones is 1. The van der Waals surface area contributed by atoms with Gasteiger partial charge in [0.15, 0.2) is 5.78 Å². The molecular weight excluding hydrogens is 114 g/mol. The smallest absolute Gasteiger partial charge is 0.157 e. The van der Waals surface area contributed by atoms with Gasteiger partial charge in [0.2, 0.25) is 0 Å². The molecule has 0 spiro atoms. The lowest BCUT2D eigenvalue weighted by Crippen LogP contribution is -2.16. The van der Waals surface area contributed by atoms with Gasteiger partial charge in [-0.15, -0.1) is 0 Å². The lowest BCUT2D eigenvalue weighted by Gasteiger charge is -2.14. The lowest BCUT2D eigenvalue weighted by atomic mass is 9.94. The van der Waals surface area contributed by atoms with Gasteiger partial charge in [0, 0.05) is 18.2 Å². The number of nitrogens with two attached hydrogens (primary N) is 1. The number of carbonyl (C=O) groups is 1. The second kappa shape index (κ2) is 2.21. The normalized spacial score (nSPS) is 27.9. The molecule has 1 atom stereocenters. The highest BCUT2D eigenvalue weighted by molar-refractivity contribution is 5.91. The molecule has 0 aliphatic heterocycles. The van der Waals surface area contributed by atoms with Gasteiger partial charge in [0.25, 0.3) is 0 Å². The minimum atomic E-state index is 0.172. The van der Waals surface area contributed by atoms with Crippen molar-refractivity contribution in [1.82, 2.24) is 0 Å². The molecule has 9 heavy (non-hydrogen) atoms. The standard InChI is InChI=1S/C7H11NO/c1-5-2-3-6(9)4-7(5)8/h4-5H,2-3,8H2,1H3. The highest BCUT2D eigenvalue weighted by Crippen LogP contribution is 2.17. The van der Waals surface area contributed by atoms with Gasteiger partial charge < -0.3 is 5.73 Å². The largest absolute Gasteiger partial charge is 0.402 e. The van der Waals surface area contributed by atoms with Gasteiger partial charge in [0.05, 0.1) is 0 Å². The van der Waals surface area contributed by atoms with Crippen molar-refractivity contribution in [3.8, 4) is 0 Å². The van der Waals surface area contributed by atoms with Crippen LogP contribution in [0.1, 0.15) is 19.8 Å². The second-order valence-electron chi connectivity index (χ2n) is 2.55. The van der Waals surface area contributed by atoms with Crippen LogP contribution < -0.4 is 5.73 Å². The third-order valence-electron chi connectivity index (χ3n) is 1.72. The zero-order chi connectivity index (χ0) is 6.85. The zero-order valence-corrected chi connectivity index (χ0v) is 5.55. The first kappa shape index (κ1) is 6.33. The average Bonchev–Trinajstić information content (AvgIpc) is 1.80. The molecule has 2 nitrogen and oxygen atoms in total. The summed E-state index contributed by atoms with van der Waals surface area (Å²) in [5.41, 5.74) is 6.25. The first-order valence-corrected chi connectivity index (χ1v) is 3.20. The third kappa shape index (κ3) is 1.31. The van der Waals surface area contributed by atoms with Crippen molar-refractivity contribution in [1.29, 1.82) is 0 Å². The molecule has 0 aromatic carbocycles. The quantitative estimate of drug-likeness (QED) is 0.521. The van der Waals surface area contributed by atoms with E-state index in [2.05, 4.69) is 0 Å². The van der Waals surface area contributed by atoms with E-state index < -0.39 is 0 Å². The number of hydrogen-bond donors (Lipinski definition) is 1. The Morgan fingerprint density at radius 3 is 2.89 bits per heavy atom. The van der Waals surface area contributed by atoms with Gasteiger partial charge in [-0.2, -0.15) is 0 Å². The summed E-state index contributed by atoms with van der Waals surface area (Å²) in [6.07, 6.45) is 3.14. The summed E-state index contributed by atoms with van der Waals surface area (Å²) in [6, 6.07) is 0. The van der Waals surface area contributed by atoms with E-state index in [-0.39, 0.29) is 5.78 Å². The Kier molecular flexibility index (Phi) is 1.56. The van der Waals surface area contributed by atoms with Crippen molar-refractivity contribution >= 4 is 5.78 Å². The molecule has 50 valence electrons. The Morgan fingerprint density at radius 1 is 1.78 bits per heavy atom. The predicted octanol–water partition coefficient (Wildman–Crippen LogP) is 0.828. The van der Waals surface area contributed by atoms with Crippen LogP contribution in [-0.4, -0.2) is 5.78 Å². The fourth-order valence-electron chi connectivity index (χ4n) is 0.926. The molecule has 2 heteroatoms. The van der Waals surface area contributed by atoms with Crippen LogP contribution in [-0.2, 0) is 4.79 Å². The van der Waals surface area contributed by atoms with Crippen molar-refractivity contribution in [2.45, 2.75) is 19.8 Å². The van der Waals surface area contributed by atoms with Crippen molar-refractivity contribution in [2.75, 3.05) is 0 Å². The van der Waals surface area contributed by atoms with Crippen LogP contribution in [0.5, 0.6) is 0 Å². The molecule has 1 unspecified atom stereocenters. The summed E-state index contributed by atoms with van der Waals surface area (Å²) in [5.74, 6) is 0.577. The molecule has 0 amide bonds. The minimum absolute atomic E-state index is 0.172. The summed E-state index contributed by atoms with van der Waals surface area (Å²) >= 11 is 0. The molecular formula is C7H11NO. The van der Waals surface area contributed by atoms with Crippen molar-refractivity contribution in [2.24, 2.45) is 11.7 Å². The van der Waals surface area contributed by atoms with Crippen LogP contribution in [0.2, 0.25) is 0 Å². The molecule has 0 saturated carbocycles. The first-order chi connectivity index (χ1) is 4.20. The van der Waals surface area contributed by atoms with Crippen LogP contribution >= 0.6 is 0 Å². The third-order valence-corrected chi connectivity index (χ3v) is 1.72. The molecule has 0 aromatic rings. The van der Waals surface area contributed by atoms with Crippen molar-refractivity contribution in [3.63, 3.8) is 0 Å². The van der Waals surface area contributed by atoms with E-state index >= 15 is 0 Å². The minimum Gasteiger partial charge on any atom is -0.402 e. The summed E-state index contributed by atoms with van der Waals surface area (Å²) in [4.78, 5) is 10.7. The van der Waals surface area contributed by atoms with E-state index in [9.17, 15) is 4.79 Å². The van der Waals surface area contributed by atoms with Crippen LogP contribution in [0.3, 0.4) is 0 Å². The molecule has 0 bridgehead atoms. The van der Waals surface area contributed by atoms with E-state index in [4.69, 9.17) is 5.73 Å². The number of allylic oxidation sites excluding steroid dienone is 2. The summed E-state index contributed by atoms with van der Waals surface area (Å²) in [5, 5.41) is 0. The van der Waals surface area contributed by atoms with Gasteiger partial charge in [-0.05, 0) is 12.3 Å². The van der Waals surface area contributed by atoms with Gasteiger partial charge in [-0.3, -0.25) is 4.79 Å². The molecule has 0 radical (unpaired) electrons. The molecule has 1 aliphatic rings. The Morgan fingerprint density at radius 2 is 2.44 bits per heavy atom. The van der Waals surface area contributed by atoms with E-state index in [0.29, 0.717) is 12.3 Å². The molecule has 0 aromatic heterocycles. The second-order valence-corrected chi connectivity index (χ2v) is 2.55. The summed E-state index contributed by atoms with van der Waals surface area (Å²) in [6.45, 7) is 2.04. The Hall–Kier alpha value is -0.790. The number of rotatable bonds is 0. The van der Waals surface area contributed by atoms with E-state index in [1.807, 2.05) is 6.92 Å². The fraction of sp³-hybridized carbons (Fsp3) is 0.571. The molecule has 1 aliphatic carbocycles. The first-order valence-electron chi connectivity index (χ1n) is 3.20. The van der Waals surface area contributed by atoms with Crippen LogP contribution in [0.4, 0.5) is 0 Å². The van der Waals surface area contributed by atoms with E-state index in [1.165, 1.54) is 0 Å².